The first kappa shape index (κ1) is 16.4. The number of hydrogen-bond acceptors (Lipinski definition) is 5. The van der Waals surface area contributed by atoms with Gasteiger partial charge >= 0.3 is 0 Å². The van der Waals surface area contributed by atoms with E-state index in [0.29, 0.717) is 19.1 Å². The Morgan fingerprint density at radius 2 is 2.24 bits per heavy atom. The molecule has 0 amide bonds. The molecule has 3 rings (SSSR count). The molecular weight excluding hydrogens is 308 g/mol. The van der Waals surface area contributed by atoms with Crippen LogP contribution in [0.25, 0.3) is 10.2 Å². The van der Waals surface area contributed by atoms with Gasteiger partial charge in [-0.05, 0) is 38.8 Å². The van der Waals surface area contributed by atoms with E-state index in [1.807, 2.05) is 13.8 Å². The predicted molar refractivity (Wildman–Crippen MR) is 89.4 cm³/mol. The van der Waals surface area contributed by atoms with Crippen molar-refractivity contribution < 1.29 is 0 Å². The van der Waals surface area contributed by atoms with Crippen molar-refractivity contribution in [1.82, 2.24) is 14.9 Å². The Labute approximate surface area is 134 Å². The largest absolute Gasteiger partial charge is 0.329 e. The highest BCUT2D eigenvalue weighted by Crippen LogP contribution is 2.26. The van der Waals surface area contributed by atoms with Crippen molar-refractivity contribution >= 4 is 34.0 Å². The molecule has 1 saturated heterocycles. The second kappa shape index (κ2) is 6.44. The molecule has 0 spiro atoms. The molecule has 0 bridgehead atoms. The van der Waals surface area contributed by atoms with Gasteiger partial charge in [0.25, 0.3) is 5.56 Å². The van der Waals surface area contributed by atoms with E-state index in [9.17, 15) is 4.79 Å². The highest BCUT2D eigenvalue weighted by atomic mass is 35.5. The standard InChI is InChI=1S/C14H20N4OS.ClH/c1-8-9(2)20-14-12(8)13(19)16-11(17-14)7-18-5-3-4-10(18)6-15;/h10H,3-7,15H2,1-2H3,(H,16,17,19);1H. The van der Waals surface area contributed by atoms with Crippen LogP contribution >= 0.6 is 23.7 Å². The van der Waals surface area contributed by atoms with Crippen molar-refractivity contribution in [2.45, 2.75) is 39.3 Å². The van der Waals surface area contributed by atoms with E-state index in [4.69, 9.17) is 5.73 Å². The van der Waals surface area contributed by atoms with E-state index < -0.39 is 0 Å². The van der Waals surface area contributed by atoms with Crippen molar-refractivity contribution in [3.63, 3.8) is 0 Å². The van der Waals surface area contributed by atoms with Crippen LogP contribution in [0.15, 0.2) is 4.79 Å². The van der Waals surface area contributed by atoms with Gasteiger partial charge in [-0.25, -0.2) is 4.98 Å². The molecule has 7 heteroatoms. The molecule has 21 heavy (non-hydrogen) atoms. The lowest BCUT2D eigenvalue weighted by Gasteiger charge is -2.22. The van der Waals surface area contributed by atoms with Gasteiger partial charge in [-0.1, -0.05) is 0 Å². The average molecular weight is 329 g/mol. The van der Waals surface area contributed by atoms with Crippen LogP contribution in [0.1, 0.15) is 29.1 Å². The lowest BCUT2D eigenvalue weighted by molar-refractivity contribution is 0.244. The second-order valence-electron chi connectivity index (χ2n) is 5.48. The summed E-state index contributed by atoms with van der Waals surface area (Å²) >= 11 is 1.60. The van der Waals surface area contributed by atoms with Gasteiger partial charge in [-0.2, -0.15) is 0 Å². The third-order valence-electron chi connectivity index (χ3n) is 4.21. The van der Waals surface area contributed by atoms with Crippen LogP contribution in [0.5, 0.6) is 0 Å². The van der Waals surface area contributed by atoms with Crippen LogP contribution in [0.4, 0.5) is 0 Å². The summed E-state index contributed by atoms with van der Waals surface area (Å²) in [4.78, 5) is 24.1. The van der Waals surface area contributed by atoms with Gasteiger partial charge in [0.2, 0.25) is 0 Å². The zero-order valence-corrected chi connectivity index (χ0v) is 13.9. The van der Waals surface area contributed by atoms with Crippen LogP contribution in [-0.2, 0) is 6.54 Å². The Kier molecular flexibility index (Phi) is 5.03. The number of halogens is 1. The number of aromatic nitrogens is 2. The zero-order valence-electron chi connectivity index (χ0n) is 12.3. The molecule has 2 aromatic rings. The molecule has 1 fully saturated rings. The summed E-state index contributed by atoms with van der Waals surface area (Å²) < 4.78 is 0. The van der Waals surface area contributed by atoms with E-state index in [1.165, 1.54) is 6.42 Å². The predicted octanol–water partition coefficient (Wildman–Crippen LogP) is 1.95. The number of likely N-dealkylation sites (tertiary alicyclic amines) is 1. The minimum absolute atomic E-state index is 0. The molecule has 0 saturated carbocycles. The molecule has 1 atom stereocenters. The van der Waals surface area contributed by atoms with Crippen LogP contribution < -0.4 is 11.3 Å². The first-order valence-corrected chi connectivity index (χ1v) is 7.85. The summed E-state index contributed by atoms with van der Waals surface area (Å²) in [6, 6.07) is 0.419. The smallest absolute Gasteiger partial charge is 0.259 e. The molecule has 1 aliphatic heterocycles. The summed E-state index contributed by atoms with van der Waals surface area (Å²) in [6.07, 6.45) is 2.31. The molecule has 0 aromatic carbocycles. The fourth-order valence-corrected chi connectivity index (χ4v) is 3.99. The van der Waals surface area contributed by atoms with Crippen molar-refractivity contribution in [1.29, 1.82) is 0 Å². The van der Waals surface area contributed by atoms with Crippen LogP contribution in [0.3, 0.4) is 0 Å². The summed E-state index contributed by atoms with van der Waals surface area (Å²) in [5, 5.41) is 0.744. The second-order valence-corrected chi connectivity index (χ2v) is 6.68. The number of thiophene rings is 1. The Morgan fingerprint density at radius 3 is 2.95 bits per heavy atom. The van der Waals surface area contributed by atoms with Gasteiger partial charge in [0.15, 0.2) is 0 Å². The molecule has 1 unspecified atom stereocenters. The van der Waals surface area contributed by atoms with E-state index in [0.717, 1.165) is 39.4 Å². The first-order valence-electron chi connectivity index (χ1n) is 7.03. The fourth-order valence-electron chi connectivity index (χ4n) is 2.94. The maximum Gasteiger partial charge on any atom is 0.259 e. The number of hydrogen-bond donors (Lipinski definition) is 2. The number of aromatic amines is 1. The van der Waals surface area contributed by atoms with Gasteiger partial charge in [0, 0.05) is 17.5 Å². The Hall–Kier alpha value is -0.950. The van der Waals surface area contributed by atoms with Gasteiger partial charge in [-0.15, -0.1) is 23.7 Å². The molecule has 5 nitrogen and oxygen atoms in total. The van der Waals surface area contributed by atoms with Gasteiger partial charge in [0.05, 0.1) is 11.9 Å². The third-order valence-corrected chi connectivity index (χ3v) is 5.31. The molecule has 3 heterocycles. The molecule has 1 aliphatic rings. The topological polar surface area (TPSA) is 75.0 Å². The summed E-state index contributed by atoms with van der Waals surface area (Å²) in [5.74, 6) is 0.754. The zero-order chi connectivity index (χ0) is 14.3. The number of fused-ring (bicyclic) bond motifs is 1. The minimum Gasteiger partial charge on any atom is -0.329 e. The van der Waals surface area contributed by atoms with Crippen LogP contribution in [-0.4, -0.2) is 34.0 Å². The van der Waals surface area contributed by atoms with Crippen molar-refractivity contribution in [2.24, 2.45) is 5.73 Å². The highest BCUT2D eigenvalue weighted by Gasteiger charge is 2.24. The summed E-state index contributed by atoms with van der Waals surface area (Å²) in [6.45, 7) is 6.40. The molecule has 0 aliphatic carbocycles. The molecular formula is C14H21ClN4OS. The minimum atomic E-state index is -0.0182. The maximum absolute atomic E-state index is 12.2. The monoisotopic (exact) mass is 328 g/mol. The average Bonchev–Trinajstić information content (AvgIpc) is 2.95. The number of nitrogens with zero attached hydrogens (tertiary/aromatic N) is 2. The summed E-state index contributed by atoms with van der Waals surface area (Å²) in [5.41, 5.74) is 6.82. The SMILES string of the molecule is Cc1sc2nc(CN3CCCC3CN)[nH]c(=O)c2c1C.Cl. The molecule has 2 aromatic heterocycles. The Morgan fingerprint density at radius 1 is 1.48 bits per heavy atom. The number of nitrogens with two attached hydrogens (primary N) is 1. The van der Waals surface area contributed by atoms with E-state index in [2.05, 4.69) is 14.9 Å². The maximum atomic E-state index is 12.2. The van der Waals surface area contributed by atoms with Gasteiger partial charge < -0.3 is 10.7 Å². The van der Waals surface area contributed by atoms with Crippen LogP contribution in [0, 0.1) is 13.8 Å². The lowest BCUT2D eigenvalue weighted by Crippen LogP contribution is -2.35. The normalized spacial score (nSPS) is 19.1. The first-order chi connectivity index (χ1) is 9.60. The Balaban J connectivity index is 0.00000161. The van der Waals surface area contributed by atoms with Gasteiger partial charge in [0.1, 0.15) is 10.7 Å². The Bertz CT molecular complexity index is 696. The lowest BCUT2D eigenvalue weighted by atomic mass is 10.2. The summed E-state index contributed by atoms with van der Waals surface area (Å²) in [7, 11) is 0. The molecule has 116 valence electrons. The molecule has 3 N–H and O–H groups in total. The van der Waals surface area contributed by atoms with E-state index in [1.54, 1.807) is 11.3 Å². The highest BCUT2D eigenvalue weighted by molar-refractivity contribution is 7.18. The quantitative estimate of drug-likeness (QED) is 0.903. The fraction of sp³-hybridized carbons (Fsp3) is 0.571. The van der Waals surface area contributed by atoms with Crippen molar-refractivity contribution in [3.8, 4) is 0 Å². The number of aryl methyl sites for hydroxylation is 2. The van der Waals surface area contributed by atoms with Crippen molar-refractivity contribution in [2.75, 3.05) is 13.1 Å². The number of H-pyrrole nitrogens is 1. The van der Waals surface area contributed by atoms with E-state index >= 15 is 0 Å². The van der Waals surface area contributed by atoms with Gasteiger partial charge in [-0.3, -0.25) is 9.69 Å². The van der Waals surface area contributed by atoms with Crippen LogP contribution in [0.2, 0.25) is 0 Å². The van der Waals surface area contributed by atoms with Crippen molar-refractivity contribution in [3.05, 3.63) is 26.6 Å². The molecule has 0 radical (unpaired) electrons. The third kappa shape index (κ3) is 2.99. The number of nitrogens with one attached hydrogen (secondary N) is 1. The van der Waals surface area contributed by atoms with E-state index in [-0.39, 0.29) is 18.0 Å². The number of rotatable bonds is 3.